The summed E-state index contributed by atoms with van der Waals surface area (Å²) in [7, 11) is 0. The first-order chi connectivity index (χ1) is 9.54. The molecule has 0 radical (unpaired) electrons. The number of aliphatic carboxylic acids is 1. The quantitative estimate of drug-likeness (QED) is 0.609. The van der Waals surface area contributed by atoms with Crippen LogP contribution in [0.15, 0.2) is 24.3 Å². The van der Waals surface area contributed by atoms with Crippen molar-refractivity contribution < 1.29 is 19.4 Å². The zero-order chi connectivity index (χ0) is 15.0. The van der Waals surface area contributed by atoms with Crippen LogP contribution in [-0.2, 0) is 4.79 Å². The van der Waals surface area contributed by atoms with Crippen LogP contribution in [0.25, 0.3) is 0 Å². The highest BCUT2D eigenvalue weighted by molar-refractivity contribution is 5.67. The Morgan fingerprint density at radius 2 is 1.95 bits per heavy atom. The maximum Gasteiger partial charge on any atom is 0.305 e. The van der Waals surface area contributed by atoms with E-state index in [2.05, 4.69) is 12.2 Å². The number of aliphatic hydroxyl groups excluding tert-OH is 1. The number of rotatable bonds is 9. The van der Waals surface area contributed by atoms with Crippen molar-refractivity contribution in [1.82, 2.24) is 5.32 Å². The summed E-state index contributed by atoms with van der Waals surface area (Å²) in [6.07, 6.45) is 1.92. The summed E-state index contributed by atoms with van der Waals surface area (Å²) in [6, 6.07) is 4.89. The van der Waals surface area contributed by atoms with Crippen molar-refractivity contribution in [2.45, 2.75) is 44.8 Å². The SMILES string of the molecule is CCCCCNC(CC(=O)O)C(O)c1ccc(F)cc1. The first-order valence-electron chi connectivity index (χ1n) is 6.93. The smallest absolute Gasteiger partial charge is 0.305 e. The monoisotopic (exact) mass is 283 g/mol. The number of nitrogens with one attached hydrogen (secondary N) is 1. The van der Waals surface area contributed by atoms with Gasteiger partial charge in [0.2, 0.25) is 0 Å². The molecule has 0 saturated carbocycles. The average Bonchev–Trinajstić information content (AvgIpc) is 2.42. The standard InChI is InChI=1S/C15H22FNO3/c1-2-3-4-9-17-13(10-14(18)19)15(20)11-5-7-12(16)8-6-11/h5-8,13,15,17,20H,2-4,9-10H2,1H3,(H,18,19). The van der Waals surface area contributed by atoms with Crippen LogP contribution >= 0.6 is 0 Å². The van der Waals surface area contributed by atoms with Crippen LogP contribution in [0.5, 0.6) is 0 Å². The largest absolute Gasteiger partial charge is 0.481 e. The van der Waals surface area contributed by atoms with E-state index in [1.165, 1.54) is 24.3 Å². The molecule has 1 rings (SSSR count). The summed E-state index contributed by atoms with van der Waals surface area (Å²) < 4.78 is 12.9. The van der Waals surface area contributed by atoms with Gasteiger partial charge < -0.3 is 15.5 Å². The van der Waals surface area contributed by atoms with Crippen LogP contribution in [0.3, 0.4) is 0 Å². The van der Waals surface area contributed by atoms with Crippen LogP contribution in [0.2, 0.25) is 0 Å². The Morgan fingerprint density at radius 3 is 2.50 bits per heavy atom. The highest BCUT2D eigenvalue weighted by atomic mass is 19.1. The van der Waals surface area contributed by atoms with Gasteiger partial charge >= 0.3 is 5.97 Å². The number of carbonyl (C=O) groups is 1. The van der Waals surface area contributed by atoms with Gasteiger partial charge in [-0.3, -0.25) is 4.79 Å². The molecule has 5 heteroatoms. The van der Waals surface area contributed by atoms with Gasteiger partial charge in [0.05, 0.1) is 12.5 Å². The first kappa shape index (κ1) is 16.6. The summed E-state index contributed by atoms with van der Waals surface area (Å²) in [4.78, 5) is 10.9. The van der Waals surface area contributed by atoms with Gasteiger partial charge in [-0.25, -0.2) is 4.39 Å². The van der Waals surface area contributed by atoms with Gasteiger partial charge in [-0.15, -0.1) is 0 Å². The lowest BCUT2D eigenvalue weighted by atomic mass is 9.99. The van der Waals surface area contributed by atoms with Gasteiger partial charge in [0.15, 0.2) is 0 Å². The minimum absolute atomic E-state index is 0.176. The molecule has 0 aromatic heterocycles. The number of unbranched alkanes of at least 4 members (excludes halogenated alkanes) is 2. The molecule has 0 aliphatic rings. The number of aliphatic hydroxyl groups is 1. The Labute approximate surface area is 118 Å². The van der Waals surface area contributed by atoms with E-state index >= 15 is 0 Å². The van der Waals surface area contributed by atoms with Gasteiger partial charge in [0.1, 0.15) is 5.82 Å². The Hall–Kier alpha value is -1.46. The molecule has 2 atom stereocenters. The third-order valence-electron chi connectivity index (χ3n) is 3.17. The molecule has 1 aromatic rings. The molecule has 0 spiro atoms. The summed E-state index contributed by atoms with van der Waals surface area (Å²) in [5.74, 6) is -1.36. The molecular weight excluding hydrogens is 261 g/mol. The lowest BCUT2D eigenvalue weighted by Crippen LogP contribution is -2.37. The van der Waals surface area contributed by atoms with Crippen LogP contribution in [0.1, 0.15) is 44.3 Å². The number of hydrogen-bond acceptors (Lipinski definition) is 3. The van der Waals surface area contributed by atoms with Gasteiger partial charge in [-0.2, -0.15) is 0 Å². The zero-order valence-electron chi connectivity index (χ0n) is 11.7. The summed E-state index contributed by atoms with van der Waals surface area (Å²) in [5, 5.41) is 22.2. The van der Waals surface area contributed by atoms with Gasteiger partial charge in [0, 0.05) is 6.04 Å². The van der Waals surface area contributed by atoms with Gasteiger partial charge in [0.25, 0.3) is 0 Å². The van der Waals surface area contributed by atoms with E-state index in [1.54, 1.807) is 0 Å². The minimum Gasteiger partial charge on any atom is -0.481 e. The molecule has 0 aliphatic carbocycles. The van der Waals surface area contributed by atoms with Crippen molar-refractivity contribution in [1.29, 1.82) is 0 Å². The molecule has 20 heavy (non-hydrogen) atoms. The van der Waals surface area contributed by atoms with E-state index < -0.39 is 18.1 Å². The molecule has 1 aromatic carbocycles. The molecular formula is C15H22FNO3. The van der Waals surface area contributed by atoms with Crippen LogP contribution < -0.4 is 5.32 Å². The molecule has 0 fully saturated rings. The van der Waals surface area contributed by atoms with Gasteiger partial charge in [-0.05, 0) is 30.7 Å². The molecule has 0 aliphatic heterocycles. The second-order valence-electron chi connectivity index (χ2n) is 4.86. The predicted molar refractivity (Wildman–Crippen MR) is 74.9 cm³/mol. The predicted octanol–water partition coefficient (Wildman–Crippen LogP) is 2.48. The van der Waals surface area contributed by atoms with E-state index in [9.17, 15) is 14.3 Å². The maximum absolute atomic E-state index is 12.9. The van der Waals surface area contributed by atoms with E-state index in [0.29, 0.717) is 12.1 Å². The number of carboxylic acid groups (broad SMARTS) is 1. The van der Waals surface area contributed by atoms with Crippen molar-refractivity contribution in [3.8, 4) is 0 Å². The molecule has 112 valence electrons. The first-order valence-corrected chi connectivity index (χ1v) is 6.93. The fraction of sp³-hybridized carbons (Fsp3) is 0.533. The Kier molecular flexibility index (Phi) is 7.18. The lowest BCUT2D eigenvalue weighted by molar-refractivity contribution is -0.138. The van der Waals surface area contributed by atoms with Gasteiger partial charge in [-0.1, -0.05) is 31.9 Å². The Morgan fingerprint density at radius 1 is 1.30 bits per heavy atom. The Balaban J connectivity index is 2.65. The third-order valence-corrected chi connectivity index (χ3v) is 3.17. The maximum atomic E-state index is 12.9. The molecule has 2 unspecified atom stereocenters. The van der Waals surface area contributed by atoms with E-state index in [0.717, 1.165) is 19.3 Å². The van der Waals surface area contributed by atoms with Crippen LogP contribution in [0.4, 0.5) is 4.39 Å². The number of hydrogen-bond donors (Lipinski definition) is 3. The van der Waals surface area contributed by atoms with Crippen molar-refractivity contribution in [3.63, 3.8) is 0 Å². The van der Waals surface area contributed by atoms with Crippen molar-refractivity contribution >= 4 is 5.97 Å². The molecule has 3 N–H and O–H groups in total. The van der Waals surface area contributed by atoms with Crippen molar-refractivity contribution in [3.05, 3.63) is 35.6 Å². The van der Waals surface area contributed by atoms with E-state index in [4.69, 9.17) is 5.11 Å². The Bertz CT molecular complexity index is 408. The second kappa shape index (κ2) is 8.66. The number of carboxylic acids is 1. The summed E-state index contributed by atoms with van der Waals surface area (Å²) >= 11 is 0. The normalized spacial score (nSPS) is 13.9. The zero-order valence-corrected chi connectivity index (χ0v) is 11.7. The van der Waals surface area contributed by atoms with E-state index in [-0.39, 0.29) is 12.2 Å². The summed E-state index contributed by atoms with van der Waals surface area (Å²) in [5.41, 5.74) is 0.514. The second-order valence-corrected chi connectivity index (χ2v) is 4.86. The molecule has 0 saturated heterocycles. The lowest BCUT2D eigenvalue weighted by Gasteiger charge is -2.23. The highest BCUT2D eigenvalue weighted by Crippen LogP contribution is 2.19. The average molecular weight is 283 g/mol. The number of halogens is 1. The molecule has 0 amide bonds. The van der Waals surface area contributed by atoms with Crippen molar-refractivity contribution in [2.24, 2.45) is 0 Å². The highest BCUT2D eigenvalue weighted by Gasteiger charge is 2.23. The fourth-order valence-electron chi connectivity index (χ4n) is 2.04. The minimum atomic E-state index is -0.973. The van der Waals surface area contributed by atoms with Crippen molar-refractivity contribution in [2.75, 3.05) is 6.54 Å². The van der Waals surface area contributed by atoms with Crippen LogP contribution in [0, 0.1) is 5.82 Å². The third kappa shape index (κ3) is 5.67. The van der Waals surface area contributed by atoms with Crippen LogP contribution in [-0.4, -0.2) is 28.8 Å². The number of benzene rings is 1. The van der Waals surface area contributed by atoms with E-state index in [1.807, 2.05) is 0 Å². The summed E-state index contributed by atoms with van der Waals surface area (Å²) in [6.45, 7) is 2.74. The fourth-order valence-corrected chi connectivity index (χ4v) is 2.04. The topological polar surface area (TPSA) is 69.6 Å². The molecule has 4 nitrogen and oxygen atoms in total. The molecule has 0 heterocycles. The molecule has 0 bridgehead atoms.